The summed E-state index contributed by atoms with van der Waals surface area (Å²) in [5.41, 5.74) is 2.90. The zero-order valence-electron chi connectivity index (χ0n) is 15.1. The summed E-state index contributed by atoms with van der Waals surface area (Å²) in [7, 11) is 2.09. The van der Waals surface area contributed by atoms with Gasteiger partial charge < -0.3 is 4.74 Å². The van der Waals surface area contributed by atoms with E-state index in [1.54, 1.807) is 12.4 Å². The fraction of sp³-hybridized carbons (Fsp3) is 0.286. The summed E-state index contributed by atoms with van der Waals surface area (Å²) >= 11 is 0. The van der Waals surface area contributed by atoms with Crippen molar-refractivity contribution in [1.82, 2.24) is 19.9 Å². The van der Waals surface area contributed by atoms with Crippen molar-refractivity contribution in [2.24, 2.45) is 0 Å². The van der Waals surface area contributed by atoms with Gasteiger partial charge in [0.25, 0.3) is 0 Å². The number of allylic oxidation sites excluding steroid dienone is 1. The molecular weight excluding hydrogens is 324 g/mol. The van der Waals surface area contributed by atoms with E-state index in [4.69, 9.17) is 4.74 Å². The molecule has 1 unspecified atom stereocenters. The van der Waals surface area contributed by atoms with Crippen LogP contribution >= 0.6 is 0 Å². The number of fused-ring (bicyclic) bond motifs is 1. The Kier molecular flexibility index (Phi) is 6.28. The van der Waals surface area contributed by atoms with Crippen molar-refractivity contribution in [3.8, 4) is 5.88 Å². The molecule has 0 fully saturated rings. The van der Waals surface area contributed by atoms with Crippen LogP contribution in [0.15, 0.2) is 67.6 Å². The first-order valence-electron chi connectivity index (χ1n) is 8.81. The lowest BCUT2D eigenvalue weighted by molar-refractivity contribution is 0.132. The molecule has 5 nitrogen and oxygen atoms in total. The van der Waals surface area contributed by atoms with Crippen LogP contribution in [0.25, 0.3) is 11.0 Å². The lowest BCUT2D eigenvalue weighted by Crippen LogP contribution is -2.33. The number of hydrogen-bond donors (Lipinski definition) is 0. The molecule has 134 valence electrons. The molecule has 0 aliphatic rings. The van der Waals surface area contributed by atoms with Crippen molar-refractivity contribution in [3.63, 3.8) is 0 Å². The minimum atomic E-state index is 0.0186. The van der Waals surface area contributed by atoms with E-state index in [2.05, 4.69) is 39.5 Å². The van der Waals surface area contributed by atoms with Gasteiger partial charge in [0, 0.05) is 25.5 Å². The molecule has 0 bridgehead atoms. The highest BCUT2D eigenvalue weighted by molar-refractivity contribution is 5.73. The molecular formula is C21H24N4O. The molecule has 0 saturated carbocycles. The molecule has 5 heteroatoms. The monoisotopic (exact) mass is 348 g/mol. The predicted octanol–water partition coefficient (Wildman–Crippen LogP) is 3.87. The van der Waals surface area contributed by atoms with Gasteiger partial charge in [-0.1, -0.05) is 24.3 Å². The number of hydrogen-bond acceptors (Lipinski definition) is 5. The summed E-state index contributed by atoms with van der Waals surface area (Å²) in [4.78, 5) is 15.4. The van der Waals surface area contributed by atoms with Crippen LogP contribution in [0.4, 0.5) is 0 Å². The molecule has 0 amide bonds. The van der Waals surface area contributed by atoms with Crippen molar-refractivity contribution in [2.75, 3.05) is 13.6 Å². The van der Waals surface area contributed by atoms with E-state index in [0.717, 1.165) is 37.0 Å². The second-order valence-corrected chi connectivity index (χ2v) is 6.36. The number of ether oxygens (including phenoxy) is 1. The molecule has 3 rings (SSSR count). The maximum atomic E-state index is 6.15. The van der Waals surface area contributed by atoms with Crippen LogP contribution in [0.1, 0.15) is 18.4 Å². The molecule has 2 aromatic heterocycles. The van der Waals surface area contributed by atoms with Crippen molar-refractivity contribution in [2.45, 2.75) is 25.5 Å². The van der Waals surface area contributed by atoms with Gasteiger partial charge in [-0.2, -0.15) is 0 Å². The Bertz CT molecular complexity index is 838. The van der Waals surface area contributed by atoms with Crippen LogP contribution in [-0.4, -0.2) is 39.5 Å². The highest BCUT2D eigenvalue weighted by Crippen LogP contribution is 2.16. The van der Waals surface area contributed by atoms with Crippen LogP contribution in [0.5, 0.6) is 5.88 Å². The maximum absolute atomic E-state index is 6.15. The minimum absolute atomic E-state index is 0.0186. The predicted molar refractivity (Wildman–Crippen MR) is 104 cm³/mol. The first-order chi connectivity index (χ1) is 12.7. The van der Waals surface area contributed by atoms with E-state index in [0.29, 0.717) is 5.88 Å². The molecule has 0 saturated heterocycles. The van der Waals surface area contributed by atoms with E-state index in [1.165, 1.54) is 5.56 Å². The second kappa shape index (κ2) is 9.06. The first kappa shape index (κ1) is 18.0. The van der Waals surface area contributed by atoms with Crippen molar-refractivity contribution in [3.05, 3.63) is 73.2 Å². The average molecular weight is 348 g/mol. The molecule has 1 aromatic carbocycles. The van der Waals surface area contributed by atoms with Crippen LogP contribution in [0.2, 0.25) is 0 Å². The Balaban J connectivity index is 1.67. The Labute approximate surface area is 154 Å². The number of nitrogens with zero attached hydrogens (tertiary/aromatic N) is 4. The Morgan fingerprint density at radius 2 is 2.00 bits per heavy atom. The molecule has 1 atom stereocenters. The fourth-order valence-electron chi connectivity index (χ4n) is 2.87. The zero-order chi connectivity index (χ0) is 18.2. The van der Waals surface area contributed by atoms with Gasteiger partial charge in [0.2, 0.25) is 5.88 Å². The summed E-state index contributed by atoms with van der Waals surface area (Å²) in [5, 5.41) is 0. The quantitative estimate of drug-likeness (QED) is 0.550. The molecule has 0 radical (unpaired) electrons. The Morgan fingerprint density at radius 1 is 1.15 bits per heavy atom. The number of benzene rings is 1. The molecule has 0 N–H and O–H groups in total. The standard InChI is InChI=1S/C21H24N4O/c1-3-4-9-18(16-25(2)15-17-8-7-12-22-13-17)26-21-14-23-19-10-5-6-11-20(19)24-21/h3,5-8,10-14,18H,1,4,9,15-16H2,2H3. The molecule has 26 heavy (non-hydrogen) atoms. The highest BCUT2D eigenvalue weighted by atomic mass is 16.5. The number of rotatable bonds is 9. The third-order valence-corrected chi connectivity index (χ3v) is 4.10. The number of para-hydroxylation sites is 2. The average Bonchev–Trinajstić information content (AvgIpc) is 2.66. The largest absolute Gasteiger partial charge is 0.472 e. The van der Waals surface area contributed by atoms with Crippen LogP contribution in [-0.2, 0) is 6.54 Å². The van der Waals surface area contributed by atoms with Gasteiger partial charge >= 0.3 is 0 Å². The summed E-state index contributed by atoms with van der Waals surface area (Å²) < 4.78 is 6.15. The van der Waals surface area contributed by atoms with Crippen molar-refractivity contribution in [1.29, 1.82) is 0 Å². The highest BCUT2D eigenvalue weighted by Gasteiger charge is 2.15. The van der Waals surface area contributed by atoms with Gasteiger partial charge in [0.1, 0.15) is 6.10 Å². The molecule has 0 aliphatic heterocycles. The SMILES string of the molecule is C=CCCC(CN(C)Cc1cccnc1)Oc1cnc2ccccc2n1. The van der Waals surface area contributed by atoms with Crippen LogP contribution in [0, 0.1) is 0 Å². The van der Waals surface area contributed by atoms with E-state index in [1.807, 2.05) is 42.6 Å². The van der Waals surface area contributed by atoms with Gasteiger partial charge in [-0.15, -0.1) is 6.58 Å². The van der Waals surface area contributed by atoms with Gasteiger partial charge in [0.05, 0.1) is 17.2 Å². The van der Waals surface area contributed by atoms with Gasteiger partial charge in [-0.25, -0.2) is 9.97 Å². The van der Waals surface area contributed by atoms with E-state index in [9.17, 15) is 0 Å². The molecule has 0 spiro atoms. The normalized spacial score (nSPS) is 12.2. The third kappa shape index (κ3) is 5.10. The number of aromatic nitrogens is 3. The fourth-order valence-corrected chi connectivity index (χ4v) is 2.87. The summed E-state index contributed by atoms with van der Waals surface area (Å²) in [6.45, 7) is 5.44. The van der Waals surface area contributed by atoms with Crippen molar-refractivity contribution < 1.29 is 4.74 Å². The summed E-state index contributed by atoms with van der Waals surface area (Å²) in [6.07, 6.45) is 9.10. The van der Waals surface area contributed by atoms with Gasteiger partial charge in [-0.05, 0) is 43.7 Å². The smallest absolute Gasteiger partial charge is 0.233 e. The van der Waals surface area contributed by atoms with Gasteiger partial charge in [0.15, 0.2) is 0 Å². The Morgan fingerprint density at radius 3 is 2.77 bits per heavy atom. The second-order valence-electron chi connectivity index (χ2n) is 6.36. The van der Waals surface area contributed by atoms with Crippen LogP contribution < -0.4 is 4.74 Å². The zero-order valence-corrected chi connectivity index (χ0v) is 15.1. The number of pyridine rings is 1. The van der Waals surface area contributed by atoms with E-state index < -0.39 is 0 Å². The van der Waals surface area contributed by atoms with E-state index in [-0.39, 0.29) is 6.10 Å². The molecule has 2 heterocycles. The Hall–Kier alpha value is -2.79. The summed E-state index contributed by atoms with van der Waals surface area (Å²) in [5.74, 6) is 0.563. The van der Waals surface area contributed by atoms with Crippen LogP contribution in [0.3, 0.4) is 0 Å². The lowest BCUT2D eigenvalue weighted by atomic mass is 10.1. The lowest BCUT2D eigenvalue weighted by Gasteiger charge is -2.24. The molecule has 3 aromatic rings. The summed E-state index contributed by atoms with van der Waals surface area (Å²) in [6, 6.07) is 11.8. The molecule has 0 aliphatic carbocycles. The first-order valence-corrected chi connectivity index (χ1v) is 8.81. The minimum Gasteiger partial charge on any atom is -0.472 e. The van der Waals surface area contributed by atoms with E-state index >= 15 is 0 Å². The third-order valence-electron chi connectivity index (χ3n) is 4.10. The number of likely N-dealkylation sites (N-methyl/N-ethyl adjacent to an activating group) is 1. The maximum Gasteiger partial charge on any atom is 0.233 e. The van der Waals surface area contributed by atoms with Crippen molar-refractivity contribution >= 4 is 11.0 Å². The topological polar surface area (TPSA) is 51.1 Å². The van der Waals surface area contributed by atoms with Gasteiger partial charge in [-0.3, -0.25) is 9.88 Å².